The lowest BCUT2D eigenvalue weighted by Gasteiger charge is -2.13. The summed E-state index contributed by atoms with van der Waals surface area (Å²) in [7, 11) is 0. The molecule has 1 aromatic rings. The average Bonchev–Trinajstić information content (AvgIpc) is 2.86. The van der Waals surface area contributed by atoms with Crippen molar-refractivity contribution in [3.8, 4) is 0 Å². The molecule has 0 bridgehead atoms. The van der Waals surface area contributed by atoms with Gasteiger partial charge < -0.3 is 10.6 Å². The lowest BCUT2D eigenvalue weighted by atomic mass is 10.3. The van der Waals surface area contributed by atoms with E-state index in [1.54, 1.807) is 0 Å². The van der Waals surface area contributed by atoms with Crippen molar-refractivity contribution in [1.82, 2.24) is 19.9 Å². The van der Waals surface area contributed by atoms with Crippen molar-refractivity contribution in [3.63, 3.8) is 0 Å². The van der Waals surface area contributed by atoms with Gasteiger partial charge in [-0.15, -0.1) is 5.10 Å². The number of nitrogens with two attached hydrogens (primary N) is 1. The fourth-order valence-corrected chi connectivity index (χ4v) is 1.88. The fraction of sp³-hybridized carbons (Fsp3) is 0.800. The third-order valence-electron chi connectivity index (χ3n) is 2.87. The molecule has 0 radical (unpaired) electrons. The molecule has 0 saturated carbocycles. The van der Waals surface area contributed by atoms with Gasteiger partial charge in [-0.25, -0.2) is 0 Å². The molecule has 1 unspecified atom stereocenters. The highest BCUT2D eigenvalue weighted by atomic mass is 15.4. The first-order valence-corrected chi connectivity index (χ1v) is 5.63. The van der Waals surface area contributed by atoms with E-state index < -0.39 is 0 Å². The van der Waals surface area contributed by atoms with Crippen LogP contribution in [0.1, 0.15) is 31.5 Å². The molecule has 5 nitrogen and oxygen atoms in total. The Morgan fingerprint density at radius 1 is 1.40 bits per heavy atom. The normalized spacial score (nSPS) is 19.6. The summed E-state index contributed by atoms with van der Waals surface area (Å²) in [6, 6.07) is -0.0227. The van der Waals surface area contributed by atoms with Gasteiger partial charge in [0.15, 0.2) is 0 Å². The predicted octanol–water partition coefficient (Wildman–Crippen LogP) is 0.394. The summed E-state index contributed by atoms with van der Waals surface area (Å²) < 4.78 is 1.89. The molecule has 84 valence electrons. The second-order valence-corrected chi connectivity index (χ2v) is 4.24. The molecule has 0 aliphatic carbocycles. The van der Waals surface area contributed by atoms with Crippen LogP contribution in [0.4, 0.5) is 0 Å². The first-order chi connectivity index (χ1) is 7.25. The van der Waals surface area contributed by atoms with Gasteiger partial charge in [0.05, 0.1) is 18.4 Å². The standard InChI is InChI=1S/C10H19N5/c1-9(11)10-8-15(13-12-10)7-6-14-4-2-3-5-14/h8-9H,2-7,11H2,1H3. The van der Waals surface area contributed by atoms with E-state index in [0.29, 0.717) is 0 Å². The Labute approximate surface area is 90.2 Å². The van der Waals surface area contributed by atoms with Crippen LogP contribution in [0.2, 0.25) is 0 Å². The summed E-state index contributed by atoms with van der Waals surface area (Å²) in [5.41, 5.74) is 6.59. The number of nitrogens with zero attached hydrogens (tertiary/aromatic N) is 4. The molecule has 1 aliphatic heterocycles. The van der Waals surface area contributed by atoms with Crippen LogP contribution < -0.4 is 5.73 Å². The Bertz CT molecular complexity index is 301. The van der Waals surface area contributed by atoms with Crippen LogP contribution in [0.15, 0.2) is 6.20 Å². The molecule has 1 aromatic heterocycles. The zero-order valence-corrected chi connectivity index (χ0v) is 9.26. The monoisotopic (exact) mass is 209 g/mol. The van der Waals surface area contributed by atoms with E-state index in [1.807, 2.05) is 17.8 Å². The molecule has 2 N–H and O–H groups in total. The Kier molecular flexibility index (Phi) is 3.33. The summed E-state index contributed by atoms with van der Waals surface area (Å²) in [5.74, 6) is 0. The largest absolute Gasteiger partial charge is 0.323 e. The summed E-state index contributed by atoms with van der Waals surface area (Å²) >= 11 is 0. The molecule has 0 spiro atoms. The van der Waals surface area contributed by atoms with Crippen molar-refractivity contribution in [2.45, 2.75) is 32.4 Å². The first kappa shape index (κ1) is 10.6. The van der Waals surface area contributed by atoms with E-state index in [0.717, 1.165) is 18.8 Å². The van der Waals surface area contributed by atoms with Gasteiger partial charge in [-0.1, -0.05) is 5.21 Å². The van der Waals surface area contributed by atoms with E-state index >= 15 is 0 Å². The van der Waals surface area contributed by atoms with Gasteiger partial charge in [0, 0.05) is 12.6 Å². The second kappa shape index (κ2) is 4.72. The Morgan fingerprint density at radius 3 is 2.73 bits per heavy atom. The Morgan fingerprint density at radius 2 is 2.13 bits per heavy atom. The van der Waals surface area contributed by atoms with Crippen LogP contribution in [-0.4, -0.2) is 39.5 Å². The highest BCUT2D eigenvalue weighted by molar-refractivity contribution is 4.97. The number of rotatable bonds is 4. The molecule has 1 saturated heterocycles. The number of hydrogen-bond acceptors (Lipinski definition) is 4. The third kappa shape index (κ3) is 2.76. The summed E-state index contributed by atoms with van der Waals surface area (Å²) in [5, 5.41) is 8.09. The van der Waals surface area contributed by atoms with Gasteiger partial charge in [0.2, 0.25) is 0 Å². The Balaban J connectivity index is 1.82. The molecule has 5 heteroatoms. The van der Waals surface area contributed by atoms with Crippen LogP contribution >= 0.6 is 0 Å². The highest BCUT2D eigenvalue weighted by Gasteiger charge is 2.11. The van der Waals surface area contributed by atoms with Crippen LogP contribution in [0.25, 0.3) is 0 Å². The van der Waals surface area contributed by atoms with Crippen LogP contribution in [-0.2, 0) is 6.54 Å². The molecule has 15 heavy (non-hydrogen) atoms. The fourth-order valence-electron chi connectivity index (χ4n) is 1.88. The van der Waals surface area contributed by atoms with Crippen molar-refractivity contribution in [3.05, 3.63) is 11.9 Å². The van der Waals surface area contributed by atoms with Crippen molar-refractivity contribution in [2.24, 2.45) is 5.73 Å². The lowest BCUT2D eigenvalue weighted by Crippen LogP contribution is -2.24. The van der Waals surface area contributed by atoms with Gasteiger partial charge in [0.25, 0.3) is 0 Å². The van der Waals surface area contributed by atoms with Crippen LogP contribution in [0, 0.1) is 0 Å². The third-order valence-corrected chi connectivity index (χ3v) is 2.87. The maximum Gasteiger partial charge on any atom is 0.0991 e. The zero-order chi connectivity index (χ0) is 10.7. The Hall–Kier alpha value is -0.940. The first-order valence-electron chi connectivity index (χ1n) is 5.63. The van der Waals surface area contributed by atoms with Crippen LogP contribution in [0.5, 0.6) is 0 Å². The molecule has 1 aliphatic rings. The smallest absolute Gasteiger partial charge is 0.0991 e. The molecular formula is C10H19N5. The minimum absolute atomic E-state index is 0.0227. The van der Waals surface area contributed by atoms with E-state index in [-0.39, 0.29) is 6.04 Å². The maximum atomic E-state index is 5.72. The van der Waals surface area contributed by atoms with Crippen molar-refractivity contribution < 1.29 is 0 Å². The molecule has 1 atom stereocenters. The number of aromatic nitrogens is 3. The average molecular weight is 209 g/mol. The SMILES string of the molecule is CC(N)c1cn(CCN2CCCC2)nn1. The highest BCUT2D eigenvalue weighted by Crippen LogP contribution is 2.07. The van der Waals surface area contributed by atoms with Gasteiger partial charge >= 0.3 is 0 Å². The van der Waals surface area contributed by atoms with E-state index in [1.165, 1.54) is 25.9 Å². The maximum absolute atomic E-state index is 5.72. The predicted molar refractivity (Wildman–Crippen MR) is 58.3 cm³/mol. The molecular weight excluding hydrogens is 190 g/mol. The van der Waals surface area contributed by atoms with Gasteiger partial charge in [0.1, 0.15) is 0 Å². The summed E-state index contributed by atoms with van der Waals surface area (Å²) in [6.07, 6.45) is 4.62. The van der Waals surface area contributed by atoms with E-state index in [2.05, 4.69) is 15.2 Å². The minimum atomic E-state index is -0.0227. The summed E-state index contributed by atoms with van der Waals surface area (Å²) in [4.78, 5) is 2.47. The van der Waals surface area contributed by atoms with Crippen molar-refractivity contribution in [2.75, 3.05) is 19.6 Å². The second-order valence-electron chi connectivity index (χ2n) is 4.24. The molecule has 2 rings (SSSR count). The quantitative estimate of drug-likeness (QED) is 0.779. The van der Waals surface area contributed by atoms with Gasteiger partial charge in [-0.2, -0.15) is 0 Å². The number of likely N-dealkylation sites (tertiary alicyclic amines) is 1. The molecule has 1 fully saturated rings. The molecule has 0 amide bonds. The van der Waals surface area contributed by atoms with E-state index in [4.69, 9.17) is 5.73 Å². The van der Waals surface area contributed by atoms with Crippen molar-refractivity contribution in [1.29, 1.82) is 0 Å². The van der Waals surface area contributed by atoms with Gasteiger partial charge in [-0.05, 0) is 32.9 Å². The lowest BCUT2D eigenvalue weighted by molar-refractivity contribution is 0.314. The molecule has 2 heterocycles. The summed E-state index contributed by atoms with van der Waals surface area (Å²) in [6.45, 7) is 6.37. The van der Waals surface area contributed by atoms with Crippen molar-refractivity contribution >= 4 is 0 Å². The molecule has 0 aromatic carbocycles. The topological polar surface area (TPSA) is 60.0 Å². The van der Waals surface area contributed by atoms with E-state index in [9.17, 15) is 0 Å². The zero-order valence-electron chi connectivity index (χ0n) is 9.26. The minimum Gasteiger partial charge on any atom is -0.323 e. The number of hydrogen-bond donors (Lipinski definition) is 1. The van der Waals surface area contributed by atoms with Gasteiger partial charge in [-0.3, -0.25) is 4.68 Å². The van der Waals surface area contributed by atoms with Crippen LogP contribution in [0.3, 0.4) is 0 Å².